The van der Waals surface area contributed by atoms with Gasteiger partial charge in [0, 0.05) is 44.7 Å². The van der Waals surface area contributed by atoms with Crippen LogP contribution in [0.2, 0.25) is 0 Å². The highest BCUT2D eigenvalue weighted by Gasteiger charge is 2.19. The smallest absolute Gasteiger partial charge is 0.221 e. The number of carbonyl (C=O) groups excluding carboxylic acids is 1. The highest BCUT2D eigenvalue weighted by atomic mass is 16.5. The lowest BCUT2D eigenvalue weighted by Crippen LogP contribution is -2.38. The normalized spacial score (nSPS) is 14.3. The molecule has 3 aromatic carbocycles. The monoisotopic (exact) mass is 472 g/mol. The average Bonchev–Trinajstić information content (AvgIpc) is 2.92. The number of benzene rings is 3. The van der Waals surface area contributed by atoms with Crippen molar-refractivity contribution >= 4 is 5.91 Å². The first-order valence-electron chi connectivity index (χ1n) is 12.6. The molecule has 1 heterocycles. The molecular formula is C30H36N2O3. The summed E-state index contributed by atoms with van der Waals surface area (Å²) < 4.78 is 11.5. The first-order valence-corrected chi connectivity index (χ1v) is 12.6. The highest BCUT2D eigenvalue weighted by Crippen LogP contribution is 2.27. The Labute approximate surface area is 209 Å². The van der Waals surface area contributed by atoms with E-state index in [0.717, 1.165) is 55.0 Å². The van der Waals surface area contributed by atoms with Gasteiger partial charge in [-0.15, -0.1) is 0 Å². The van der Waals surface area contributed by atoms with Crippen LogP contribution in [0.1, 0.15) is 41.9 Å². The summed E-state index contributed by atoms with van der Waals surface area (Å²) in [5.41, 5.74) is 3.33. The zero-order valence-electron chi connectivity index (χ0n) is 20.6. The molecule has 1 aliphatic heterocycles. The second-order valence-electron chi connectivity index (χ2n) is 9.17. The van der Waals surface area contributed by atoms with Gasteiger partial charge in [-0.25, -0.2) is 0 Å². The number of nitrogens with zero attached hydrogens (tertiary/aromatic N) is 1. The van der Waals surface area contributed by atoms with Gasteiger partial charge in [-0.3, -0.25) is 9.69 Å². The van der Waals surface area contributed by atoms with Gasteiger partial charge in [0.15, 0.2) is 0 Å². The van der Waals surface area contributed by atoms with E-state index in [2.05, 4.69) is 41.5 Å². The molecule has 0 aliphatic carbocycles. The Morgan fingerprint density at radius 2 is 1.63 bits per heavy atom. The van der Waals surface area contributed by atoms with E-state index < -0.39 is 0 Å². The Bertz CT molecular complexity index is 996. The Morgan fingerprint density at radius 3 is 2.29 bits per heavy atom. The van der Waals surface area contributed by atoms with Gasteiger partial charge in [0.1, 0.15) is 12.4 Å². The summed E-state index contributed by atoms with van der Waals surface area (Å²) in [4.78, 5) is 15.3. The van der Waals surface area contributed by atoms with Crippen LogP contribution in [-0.4, -0.2) is 50.3 Å². The van der Waals surface area contributed by atoms with Crippen molar-refractivity contribution in [3.63, 3.8) is 0 Å². The Kier molecular flexibility index (Phi) is 9.32. The maximum absolute atomic E-state index is 12.9. The number of likely N-dealkylation sites (N-methyl/N-ethyl adjacent to an activating group) is 1. The first kappa shape index (κ1) is 25.0. The van der Waals surface area contributed by atoms with Crippen LogP contribution in [0.4, 0.5) is 0 Å². The molecule has 184 valence electrons. The molecule has 1 fully saturated rings. The predicted octanol–water partition coefficient (Wildman–Crippen LogP) is 5.01. The van der Waals surface area contributed by atoms with Crippen LogP contribution in [0.15, 0.2) is 84.9 Å². The second kappa shape index (κ2) is 13.1. The second-order valence-corrected chi connectivity index (χ2v) is 9.17. The van der Waals surface area contributed by atoms with Gasteiger partial charge in [0.25, 0.3) is 0 Å². The lowest BCUT2D eigenvalue weighted by atomic mass is 9.88. The largest absolute Gasteiger partial charge is 0.492 e. The van der Waals surface area contributed by atoms with E-state index in [9.17, 15) is 4.79 Å². The van der Waals surface area contributed by atoms with Gasteiger partial charge >= 0.3 is 0 Å². The molecule has 0 aromatic heterocycles. The third-order valence-corrected chi connectivity index (χ3v) is 6.71. The molecule has 4 rings (SSSR count). The van der Waals surface area contributed by atoms with Gasteiger partial charge in [0.05, 0.1) is 0 Å². The molecule has 0 spiro atoms. The SMILES string of the molecule is CN(CCOc1cccc(CNC(=O)CC(c2ccccc2)c2ccccc2)c1)C1CCOCC1. The maximum Gasteiger partial charge on any atom is 0.221 e. The Morgan fingerprint density at radius 1 is 0.971 bits per heavy atom. The molecular weight excluding hydrogens is 436 g/mol. The van der Waals surface area contributed by atoms with E-state index in [1.54, 1.807) is 0 Å². The number of hydrogen-bond acceptors (Lipinski definition) is 4. The number of ether oxygens (including phenoxy) is 2. The van der Waals surface area contributed by atoms with Crippen molar-refractivity contribution in [2.24, 2.45) is 0 Å². The summed E-state index contributed by atoms with van der Waals surface area (Å²) in [6, 6.07) is 29.0. The zero-order valence-corrected chi connectivity index (χ0v) is 20.6. The number of amides is 1. The van der Waals surface area contributed by atoms with Crippen molar-refractivity contribution in [2.75, 3.05) is 33.4 Å². The molecule has 0 atom stereocenters. The molecule has 5 nitrogen and oxygen atoms in total. The van der Waals surface area contributed by atoms with Crippen molar-refractivity contribution in [3.8, 4) is 5.75 Å². The lowest BCUT2D eigenvalue weighted by Gasteiger charge is -2.31. The van der Waals surface area contributed by atoms with Crippen LogP contribution in [0, 0.1) is 0 Å². The van der Waals surface area contributed by atoms with Crippen molar-refractivity contribution in [3.05, 3.63) is 102 Å². The van der Waals surface area contributed by atoms with Crippen molar-refractivity contribution < 1.29 is 14.3 Å². The van der Waals surface area contributed by atoms with E-state index in [1.165, 1.54) is 0 Å². The fraction of sp³-hybridized carbons (Fsp3) is 0.367. The summed E-state index contributed by atoms with van der Waals surface area (Å²) >= 11 is 0. The van der Waals surface area contributed by atoms with Crippen molar-refractivity contribution in [1.29, 1.82) is 0 Å². The summed E-state index contributed by atoms with van der Waals surface area (Å²) in [5, 5.41) is 3.10. The minimum atomic E-state index is 0.0276. The minimum Gasteiger partial charge on any atom is -0.492 e. The fourth-order valence-corrected chi connectivity index (χ4v) is 4.62. The van der Waals surface area contributed by atoms with E-state index in [0.29, 0.717) is 25.6 Å². The first-order chi connectivity index (χ1) is 17.2. The third-order valence-electron chi connectivity index (χ3n) is 6.71. The van der Waals surface area contributed by atoms with Crippen LogP contribution in [0.5, 0.6) is 5.75 Å². The fourth-order valence-electron chi connectivity index (χ4n) is 4.62. The van der Waals surface area contributed by atoms with Gasteiger partial charge in [-0.1, -0.05) is 72.8 Å². The van der Waals surface area contributed by atoms with E-state index >= 15 is 0 Å². The number of nitrogens with one attached hydrogen (secondary N) is 1. The summed E-state index contributed by atoms with van der Waals surface area (Å²) in [6.45, 7) is 3.70. The van der Waals surface area contributed by atoms with Gasteiger partial charge < -0.3 is 14.8 Å². The number of hydrogen-bond donors (Lipinski definition) is 1. The van der Waals surface area contributed by atoms with Crippen LogP contribution in [0.3, 0.4) is 0 Å². The third kappa shape index (κ3) is 7.67. The van der Waals surface area contributed by atoms with Crippen LogP contribution >= 0.6 is 0 Å². The topological polar surface area (TPSA) is 50.8 Å². The highest BCUT2D eigenvalue weighted by molar-refractivity contribution is 5.77. The molecule has 1 N–H and O–H groups in total. The summed E-state index contributed by atoms with van der Waals surface area (Å²) in [7, 11) is 2.16. The molecule has 0 unspecified atom stereocenters. The van der Waals surface area contributed by atoms with E-state index in [1.807, 2.05) is 60.7 Å². The molecule has 35 heavy (non-hydrogen) atoms. The van der Waals surface area contributed by atoms with Gasteiger partial charge in [0.2, 0.25) is 5.91 Å². The molecule has 0 bridgehead atoms. The lowest BCUT2D eigenvalue weighted by molar-refractivity contribution is -0.121. The van der Waals surface area contributed by atoms with E-state index in [4.69, 9.17) is 9.47 Å². The van der Waals surface area contributed by atoms with Crippen LogP contribution in [-0.2, 0) is 16.1 Å². The Hall–Kier alpha value is -3.15. The van der Waals surface area contributed by atoms with Gasteiger partial charge in [-0.05, 0) is 48.7 Å². The van der Waals surface area contributed by atoms with Crippen molar-refractivity contribution in [2.45, 2.75) is 37.8 Å². The Balaban J connectivity index is 1.28. The standard InChI is InChI=1S/C30H36N2O3/c1-32(27-15-18-34-19-16-27)17-20-35-28-14-8-9-24(21-28)23-31-30(33)22-29(25-10-4-2-5-11-25)26-12-6-3-7-13-26/h2-14,21,27,29H,15-20,22-23H2,1H3,(H,31,33). The van der Waals surface area contributed by atoms with Crippen LogP contribution < -0.4 is 10.1 Å². The van der Waals surface area contributed by atoms with E-state index in [-0.39, 0.29) is 11.8 Å². The summed E-state index contributed by atoms with van der Waals surface area (Å²) in [5.74, 6) is 0.899. The molecule has 0 saturated carbocycles. The molecule has 3 aromatic rings. The maximum atomic E-state index is 12.9. The number of carbonyl (C=O) groups is 1. The molecule has 1 amide bonds. The minimum absolute atomic E-state index is 0.0276. The molecule has 1 saturated heterocycles. The van der Waals surface area contributed by atoms with Crippen molar-refractivity contribution in [1.82, 2.24) is 10.2 Å². The quantitative estimate of drug-likeness (QED) is 0.426. The number of rotatable bonds is 11. The molecule has 5 heteroatoms. The molecule has 1 aliphatic rings. The average molecular weight is 473 g/mol. The van der Waals surface area contributed by atoms with Crippen LogP contribution in [0.25, 0.3) is 0 Å². The summed E-state index contributed by atoms with van der Waals surface area (Å²) in [6.07, 6.45) is 2.57. The zero-order chi connectivity index (χ0) is 24.3. The predicted molar refractivity (Wildman–Crippen MR) is 140 cm³/mol. The molecule has 0 radical (unpaired) electrons. The van der Waals surface area contributed by atoms with Gasteiger partial charge in [-0.2, -0.15) is 0 Å².